The highest BCUT2D eigenvalue weighted by molar-refractivity contribution is 5.88. The zero-order valence-electron chi connectivity index (χ0n) is 17.0. The van der Waals surface area contributed by atoms with Gasteiger partial charge in [-0.15, -0.1) is 0 Å². The third-order valence-corrected chi connectivity index (χ3v) is 5.15. The minimum Gasteiger partial charge on any atom is -0.370 e. The quantitative estimate of drug-likeness (QED) is 0.501. The predicted molar refractivity (Wildman–Crippen MR) is 109 cm³/mol. The van der Waals surface area contributed by atoms with Crippen molar-refractivity contribution in [3.63, 3.8) is 0 Å². The highest BCUT2D eigenvalue weighted by Crippen LogP contribution is 2.30. The van der Waals surface area contributed by atoms with Gasteiger partial charge in [-0.25, -0.2) is 23.7 Å². The number of morpholine rings is 1. The Morgan fingerprint density at radius 3 is 2.77 bits per heavy atom. The van der Waals surface area contributed by atoms with Crippen LogP contribution in [-0.2, 0) is 11.8 Å². The Balaban J connectivity index is 1.60. The van der Waals surface area contributed by atoms with Crippen molar-refractivity contribution in [2.24, 2.45) is 7.05 Å². The first-order chi connectivity index (χ1) is 15.0. The first-order valence-corrected chi connectivity index (χ1v) is 9.80. The smallest absolute Gasteiger partial charge is 0.228 e. The molecule has 8 nitrogen and oxygen atoms in total. The van der Waals surface area contributed by atoms with Crippen LogP contribution in [0, 0.1) is 18.6 Å². The Morgan fingerprint density at radius 1 is 1.13 bits per heavy atom. The number of aryl methyl sites for hydroxylation is 2. The van der Waals surface area contributed by atoms with E-state index in [1.807, 2.05) is 18.1 Å². The molecule has 3 aromatic heterocycles. The van der Waals surface area contributed by atoms with Crippen molar-refractivity contribution in [1.29, 1.82) is 0 Å². The number of aromatic nitrogens is 6. The normalized spacial score (nSPS) is 16.8. The van der Waals surface area contributed by atoms with Crippen LogP contribution in [0.5, 0.6) is 0 Å². The SMILES string of the molecule is Cc1cnc2c(-c3ccc(F)cc3F)nc(N3CCO[C@H](c4cnn(C)c4)C3)nc2n1. The van der Waals surface area contributed by atoms with Gasteiger partial charge in [-0.3, -0.25) is 4.68 Å². The van der Waals surface area contributed by atoms with Crippen LogP contribution in [0.1, 0.15) is 17.4 Å². The van der Waals surface area contributed by atoms with Gasteiger partial charge in [-0.2, -0.15) is 10.1 Å². The molecule has 31 heavy (non-hydrogen) atoms. The first-order valence-electron chi connectivity index (χ1n) is 9.80. The molecule has 0 unspecified atom stereocenters. The van der Waals surface area contributed by atoms with Crippen molar-refractivity contribution in [3.8, 4) is 11.3 Å². The largest absolute Gasteiger partial charge is 0.370 e. The summed E-state index contributed by atoms with van der Waals surface area (Å²) in [5, 5.41) is 4.21. The molecule has 0 amide bonds. The van der Waals surface area contributed by atoms with E-state index in [4.69, 9.17) is 4.74 Å². The van der Waals surface area contributed by atoms with E-state index in [1.54, 1.807) is 24.0 Å². The summed E-state index contributed by atoms with van der Waals surface area (Å²) in [7, 11) is 1.85. The number of benzene rings is 1. The summed E-state index contributed by atoms with van der Waals surface area (Å²) in [6.07, 6.45) is 5.05. The Labute approximate surface area is 176 Å². The molecule has 1 fully saturated rings. The van der Waals surface area contributed by atoms with Gasteiger partial charge in [0, 0.05) is 43.2 Å². The lowest BCUT2D eigenvalue weighted by Gasteiger charge is -2.32. The standard InChI is InChI=1S/C21H19F2N7O/c1-12-8-24-19-18(15-4-3-14(22)7-16(15)23)27-21(28-20(19)26-12)30-5-6-31-17(11-30)13-9-25-29(2)10-13/h3-4,7-10,17H,5-6,11H2,1-2H3/t17-/m0/s1. The van der Waals surface area contributed by atoms with Crippen LogP contribution < -0.4 is 4.90 Å². The molecular weight excluding hydrogens is 404 g/mol. The predicted octanol–water partition coefficient (Wildman–Crippen LogP) is 2.98. The van der Waals surface area contributed by atoms with Crippen LogP contribution in [0.4, 0.5) is 14.7 Å². The first kappa shape index (κ1) is 19.4. The number of fused-ring (bicyclic) bond motifs is 1. The number of hydrogen-bond donors (Lipinski definition) is 0. The van der Waals surface area contributed by atoms with E-state index in [1.165, 1.54) is 12.1 Å². The topological polar surface area (TPSA) is 81.9 Å². The van der Waals surface area contributed by atoms with Crippen molar-refractivity contribution >= 4 is 17.1 Å². The second kappa shape index (κ2) is 7.62. The minimum absolute atomic E-state index is 0.144. The maximum Gasteiger partial charge on any atom is 0.228 e. The van der Waals surface area contributed by atoms with Crippen LogP contribution >= 0.6 is 0 Å². The minimum atomic E-state index is -0.719. The molecule has 1 aromatic carbocycles. The number of halogens is 2. The molecule has 5 rings (SSSR count). The molecule has 0 saturated carbocycles. The van der Waals surface area contributed by atoms with Crippen molar-refractivity contribution in [2.75, 3.05) is 24.6 Å². The summed E-state index contributed by atoms with van der Waals surface area (Å²) in [5.74, 6) is -0.985. The third-order valence-electron chi connectivity index (χ3n) is 5.15. The van der Waals surface area contributed by atoms with Gasteiger partial charge in [-0.1, -0.05) is 0 Å². The fraction of sp³-hybridized carbons (Fsp3) is 0.286. The van der Waals surface area contributed by atoms with Crippen LogP contribution in [0.2, 0.25) is 0 Å². The maximum atomic E-state index is 14.6. The monoisotopic (exact) mass is 423 g/mol. The van der Waals surface area contributed by atoms with E-state index >= 15 is 0 Å². The molecule has 4 heterocycles. The highest BCUT2D eigenvalue weighted by Gasteiger charge is 2.26. The molecule has 1 saturated heterocycles. The summed E-state index contributed by atoms with van der Waals surface area (Å²) >= 11 is 0. The Hall–Kier alpha value is -3.53. The number of nitrogens with zero attached hydrogens (tertiary/aromatic N) is 7. The van der Waals surface area contributed by atoms with Gasteiger partial charge in [0.2, 0.25) is 5.95 Å². The lowest BCUT2D eigenvalue weighted by Crippen LogP contribution is -2.39. The summed E-state index contributed by atoms with van der Waals surface area (Å²) in [4.78, 5) is 20.0. The van der Waals surface area contributed by atoms with E-state index in [0.29, 0.717) is 42.5 Å². The van der Waals surface area contributed by atoms with Gasteiger partial charge in [0.15, 0.2) is 5.65 Å². The van der Waals surface area contributed by atoms with Crippen LogP contribution in [0.25, 0.3) is 22.4 Å². The molecule has 10 heteroatoms. The molecule has 158 valence electrons. The second-order valence-corrected chi connectivity index (χ2v) is 7.43. The van der Waals surface area contributed by atoms with Crippen LogP contribution in [-0.4, -0.2) is 49.4 Å². The second-order valence-electron chi connectivity index (χ2n) is 7.43. The molecule has 1 aliphatic heterocycles. The van der Waals surface area contributed by atoms with Crippen LogP contribution in [0.3, 0.4) is 0 Å². The van der Waals surface area contributed by atoms with Gasteiger partial charge in [0.05, 0.1) is 25.0 Å². The number of hydrogen-bond acceptors (Lipinski definition) is 7. The van der Waals surface area contributed by atoms with E-state index in [0.717, 1.165) is 11.6 Å². The van der Waals surface area contributed by atoms with Crippen molar-refractivity contribution < 1.29 is 13.5 Å². The summed E-state index contributed by atoms with van der Waals surface area (Å²) in [6.45, 7) is 3.34. The molecule has 1 aliphatic rings. The Bertz CT molecular complexity index is 1280. The summed E-state index contributed by atoms with van der Waals surface area (Å²) in [6, 6.07) is 3.38. The lowest BCUT2D eigenvalue weighted by molar-refractivity contribution is 0.0392. The van der Waals surface area contributed by atoms with Gasteiger partial charge >= 0.3 is 0 Å². The van der Waals surface area contributed by atoms with Gasteiger partial charge in [0.1, 0.15) is 28.9 Å². The Morgan fingerprint density at radius 2 is 2.00 bits per heavy atom. The van der Waals surface area contributed by atoms with Crippen LogP contribution in [0.15, 0.2) is 36.8 Å². The molecule has 0 N–H and O–H groups in total. The lowest BCUT2D eigenvalue weighted by atomic mass is 10.1. The average molecular weight is 423 g/mol. The van der Waals surface area contributed by atoms with E-state index < -0.39 is 11.6 Å². The fourth-order valence-corrected chi connectivity index (χ4v) is 3.63. The van der Waals surface area contributed by atoms with Crippen molar-refractivity contribution in [3.05, 3.63) is 59.7 Å². The molecule has 4 aromatic rings. The highest BCUT2D eigenvalue weighted by atomic mass is 19.1. The molecule has 0 radical (unpaired) electrons. The van der Waals surface area contributed by atoms with E-state index in [9.17, 15) is 8.78 Å². The molecule has 0 bridgehead atoms. The zero-order chi connectivity index (χ0) is 21.5. The third kappa shape index (κ3) is 3.70. The zero-order valence-corrected chi connectivity index (χ0v) is 17.0. The molecular formula is C21H19F2N7O. The van der Waals surface area contributed by atoms with Crippen molar-refractivity contribution in [2.45, 2.75) is 13.0 Å². The fourth-order valence-electron chi connectivity index (χ4n) is 3.63. The summed E-state index contributed by atoms with van der Waals surface area (Å²) in [5.41, 5.74) is 2.76. The molecule has 1 atom stereocenters. The van der Waals surface area contributed by atoms with E-state index in [2.05, 4.69) is 25.0 Å². The number of rotatable bonds is 3. The van der Waals surface area contributed by atoms with Gasteiger partial charge in [0.25, 0.3) is 0 Å². The Kier molecular flexibility index (Phi) is 4.78. The molecule has 0 spiro atoms. The number of anilines is 1. The van der Waals surface area contributed by atoms with Gasteiger partial charge < -0.3 is 9.64 Å². The number of ether oxygens (including phenoxy) is 1. The molecule has 0 aliphatic carbocycles. The maximum absolute atomic E-state index is 14.6. The average Bonchev–Trinajstić information content (AvgIpc) is 3.19. The van der Waals surface area contributed by atoms with Gasteiger partial charge in [-0.05, 0) is 19.1 Å². The van der Waals surface area contributed by atoms with E-state index in [-0.39, 0.29) is 17.4 Å². The summed E-state index contributed by atoms with van der Waals surface area (Å²) < 4.78 is 35.7. The van der Waals surface area contributed by atoms with Crippen molar-refractivity contribution in [1.82, 2.24) is 29.7 Å².